The van der Waals surface area contributed by atoms with E-state index >= 15 is 0 Å². The summed E-state index contributed by atoms with van der Waals surface area (Å²) in [5.74, 6) is 0.942. The molecule has 0 spiro atoms. The van der Waals surface area contributed by atoms with Crippen LogP contribution in [0.25, 0.3) is 17.1 Å². The molecule has 2 aromatic carbocycles. The Bertz CT molecular complexity index is 960. The quantitative estimate of drug-likeness (QED) is 0.603. The first kappa shape index (κ1) is 20.4. The molecule has 3 aromatic rings. The maximum atomic E-state index is 12.2. The highest BCUT2D eigenvalue weighted by molar-refractivity contribution is 7.99. The van der Waals surface area contributed by atoms with Crippen molar-refractivity contribution in [2.45, 2.75) is 38.4 Å². The van der Waals surface area contributed by atoms with Crippen LogP contribution in [-0.2, 0) is 4.79 Å². The number of hydrogen-bond acceptors (Lipinski definition) is 4. The highest BCUT2D eigenvalue weighted by Crippen LogP contribution is 2.28. The van der Waals surface area contributed by atoms with Crippen LogP contribution in [0.5, 0.6) is 0 Å². The zero-order chi connectivity index (χ0) is 20.3. The van der Waals surface area contributed by atoms with Gasteiger partial charge in [0.1, 0.15) is 0 Å². The number of nitrogens with zero attached hydrogens (tertiary/aromatic N) is 3. The molecule has 5 nitrogen and oxygen atoms in total. The number of thioether (sulfide) groups is 1. The Hall–Kier alpha value is -2.31. The van der Waals surface area contributed by atoms with Crippen LogP contribution in [0.1, 0.15) is 26.3 Å². The van der Waals surface area contributed by atoms with Gasteiger partial charge >= 0.3 is 0 Å². The van der Waals surface area contributed by atoms with Gasteiger partial charge in [-0.25, -0.2) is 0 Å². The number of carbonyl (C=O) groups excluding carboxylic acids is 1. The van der Waals surface area contributed by atoms with Crippen LogP contribution in [0.15, 0.2) is 53.7 Å². The molecule has 0 aliphatic rings. The lowest BCUT2D eigenvalue weighted by molar-refractivity contribution is -0.119. The van der Waals surface area contributed by atoms with E-state index in [2.05, 4.69) is 15.5 Å². The van der Waals surface area contributed by atoms with Crippen molar-refractivity contribution in [3.8, 4) is 17.1 Å². The van der Waals surface area contributed by atoms with Gasteiger partial charge in [-0.05, 0) is 52.0 Å². The van der Waals surface area contributed by atoms with Crippen molar-refractivity contribution in [2.75, 3.05) is 5.75 Å². The minimum Gasteiger partial charge on any atom is -0.351 e. The lowest BCUT2D eigenvalue weighted by Gasteiger charge is -2.20. The van der Waals surface area contributed by atoms with Gasteiger partial charge in [-0.2, -0.15) is 0 Å². The third-order valence-electron chi connectivity index (χ3n) is 3.87. The Morgan fingerprint density at radius 2 is 1.71 bits per heavy atom. The zero-order valence-corrected chi connectivity index (χ0v) is 17.9. The highest BCUT2D eigenvalue weighted by Gasteiger charge is 2.19. The Kier molecular flexibility index (Phi) is 6.10. The summed E-state index contributed by atoms with van der Waals surface area (Å²) in [4.78, 5) is 12.2. The number of amides is 1. The molecule has 0 saturated heterocycles. The highest BCUT2D eigenvalue weighted by atomic mass is 35.5. The summed E-state index contributed by atoms with van der Waals surface area (Å²) >= 11 is 7.41. The molecule has 7 heteroatoms. The molecular formula is C21H23ClN4OS. The number of nitrogens with one attached hydrogen (secondary N) is 1. The van der Waals surface area contributed by atoms with Gasteiger partial charge < -0.3 is 5.32 Å². The molecule has 0 saturated carbocycles. The topological polar surface area (TPSA) is 59.8 Å². The van der Waals surface area contributed by atoms with Crippen LogP contribution in [0.4, 0.5) is 0 Å². The Balaban J connectivity index is 1.95. The molecule has 3 rings (SSSR count). The van der Waals surface area contributed by atoms with E-state index in [4.69, 9.17) is 11.6 Å². The molecule has 0 aliphatic carbocycles. The summed E-state index contributed by atoms with van der Waals surface area (Å²) < 4.78 is 1.95. The first-order chi connectivity index (χ1) is 13.2. The van der Waals surface area contributed by atoms with Gasteiger partial charge in [0.15, 0.2) is 11.0 Å². The Labute approximate surface area is 174 Å². The van der Waals surface area contributed by atoms with Crippen LogP contribution in [0.2, 0.25) is 5.02 Å². The fourth-order valence-electron chi connectivity index (χ4n) is 2.66. The van der Waals surface area contributed by atoms with Crippen LogP contribution < -0.4 is 5.32 Å². The van der Waals surface area contributed by atoms with Gasteiger partial charge in [0.2, 0.25) is 5.91 Å². The minimum absolute atomic E-state index is 0.0416. The molecule has 1 heterocycles. The first-order valence-electron chi connectivity index (χ1n) is 8.95. The SMILES string of the molecule is Cc1ccc(-c2nnc(SCC(=O)NC(C)(C)C)n2-c2ccc(Cl)cc2)cc1. The number of benzene rings is 2. The van der Waals surface area contributed by atoms with E-state index in [1.807, 2.05) is 80.8 Å². The molecule has 1 aromatic heterocycles. The Morgan fingerprint density at radius 1 is 1.07 bits per heavy atom. The first-order valence-corrected chi connectivity index (χ1v) is 10.3. The predicted octanol–water partition coefficient (Wildman–Crippen LogP) is 4.90. The third-order valence-corrected chi connectivity index (χ3v) is 5.06. The monoisotopic (exact) mass is 414 g/mol. The van der Waals surface area contributed by atoms with Gasteiger partial charge in [0.25, 0.3) is 0 Å². The molecule has 146 valence electrons. The maximum absolute atomic E-state index is 12.2. The zero-order valence-electron chi connectivity index (χ0n) is 16.4. The number of hydrogen-bond donors (Lipinski definition) is 1. The number of aromatic nitrogens is 3. The number of rotatable bonds is 5. The molecule has 0 radical (unpaired) electrons. The Morgan fingerprint density at radius 3 is 2.32 bits per heavy atom. The fraction of sp³-hybridized carbons (Fsp3) is 0.286. The van der Waals surface area contributed by atoms with E-state index in [1.54, 1.807) is 0 Å². The molecule has 0 bridgehead atoms. The van der Waals surface area contributed by atoms with Crippen molar-refractivity contribution in [1.29, 1.82) is 0 Å². The van der Waals surface area contributed by atoms with Crippen molar-refractivity contribution in [1.82, 2.24) is 20.1 Å². The van der Waals surface area contributed by atoms with E-state index < -0.39 is 0 Å². The summed E-state index contributed by atoms with van der Waals surface area (Å²) in [5, 5.41) is 13.0. The predicted molar refractivity (Wildman–Crippen MR) is 115 cm³/mol. The van der Waals surface area contributed by atoms with Gasteiger partial charge in [-0.1, -0.05) is 53.2 Å². The fourth-order valence-corrected chi connectivity index (χ4v) is 3.54. The summed E-state index contributed by atoms with van der Waals surface area (Å²) in [7, 11) is 0. The van der Waals surface area contributed by atoms with Crippen LogP contribution in [0, 0.1) is 6.92 Å². The molecule has 1 amide bonds. The minimum atomic E-state index is -0.269. The summed E-state index contributed by atoms with van der Waals surface area (Å²) in [6.45, 7) is 7.92. The van der Waals surface area contributed by atoms with Gasteiger partial charge in [-0.15, -0.1) is 10.2 Å². The lowest BCUT2D eigenvalue weighted by Crippen LogP contribution is -2.41. The van der Waals surface area contributed by atoms with E-state index in [0.29, 0.717) is 10.2 Å². The molecule has 0 aliphatic heterocycles. The van der Waals surface area contributed by atoms with Crippen LogP contribution >= 0.6 is 23.4 Å². The number of halogens is 1. The average molecular weight is 415 g/mol. The van der Waals surface area contributed by atoms with E-state index in [0.717, 1.165) is 17.1 Å². The van der Waals surface area contributed by atoms with Gasteiger partial charge in [-0.3, -0.25) is 9.36 Å². The average Bonchev–Trinajstić information content (AvgIpc) is 3.04. The standard InChI is InChI=1S/C21H23ClN4OS/c1-14-5-7-15(8-6-14)19-24-25-20(28-13-18(27)23-21(2,3)4)26(19)17-11-9-16(22)10-12-17/h5-12H,13H2,1-4H3,(H,23,27). The summed E-state index contributed by atoms with van der Waals surface area (Å²) in [5.41, 5.74) is 2.76. The van der Waals surface area contributed by atoms with E-state index in [1.165, 1.54) is 17.3 Å². The second-order valence-electron chi connectivity index (χ2n) is 7.57. The molecule has 1 N–H and O–H groups in total. The smallest absolute Gasteiger partial charge is 0.230 e. The maximum Gasteiger partial charge on any atom is 0.230 e. The number of aryl methyl sites for hydroxylation is 1. The second-order valence-corrected chi connectivity index (χ2v) is 8.95. The lowest BCUT2D eigenvalue weighted by atomic mass is 10.1. The summed E-state index contributed by atoms with van der Waals surface area (Å²) in [6, 6.07) is 15.6. The van der Waals surface area contributed by atoms with Crippen LogP contribution in [-0.4, -0.2) is 32.0 Å². The van der Waals surface area contributed by atoms with Crippen molar-refractivity contribution in [3.05, 3.63) is 59.1 Å². The molecular weight excluding hydrogens is 392 g/mol. The van der Waals surface area contributed by atoms with Gasteiger partial charge in [0.05, 0.1) is 5.75 Å². The largest absolute Gasteiger partial charge is 0.351 e. The normalized spacial score (nSPS) is 11.5. The third kappa shape index (κ3) is 5.14. The van der Waals surface area contributed by atoms with Crippen molar-refractivity contribution < 1.29 is 4.79 Å². The van der Waals surface area contributed by atoms with Crippen molar-refractivity contribution in [2.24, 2.45) is 0 Å². The summed E-state index contributed by atoms with van der Waals surface area (Å²) in [6.07, 6.45) is 0. The molecule has 0 fully saturated rings. The van der Waals surface area contributed by atoms with Crippen molar-refractivity contribution >= 4 is 29.3 Å². The van der Waals surface area contributed by atoms with Crippen LogP contribution in [0.3, 0.4) is 0 Å². The second kappa shape index (κ2) is 8.37. The molecule has 0 atom stereocenters. The van der Waals surface area contributed by atoms with E-state index in [-0.39, 0.29) is 17.2 Å². The molecule has 0 unspecified atom stereocenters. The van der Waals surface area contributed by atoms with Gasteiger partial charge in [0, 0.05) is 21.8 Å². The molecule has 28 heavy (non-hydrogen) atoms. The number of carbonyl (C=O) groups is 1. The van der Waals surface area contributed by atoms with Crippen molar-refractivity contribution in [3.63, 3.8) is 0 Å². The van der Waals surface area contributed by atoms with E-state index in [9.17, 15) is 4.79 Å².